The summed E-state index contributed by atoms with van der Waals surface area (Å²) in [7, 11) is -1.50. The largest absolute Gasteiger partial charge is 0.353 e. The van der Waals surface area contributed by atoms with Crippen LogP contribution in [0.25, 0.3) is 0 Å². The van der Waals surface area contributed by atoms with Gasteiger partial charge in [0, 0.05) is 31.2 Å². The molecule has 4 unspecified atom stereocenters. The van der Waals surface area contributed by atoms with Crippen LogP contribution in [0.4, 0.5) is 0 Å². The van der Waals surface area contributed by atoms with Gasteiger partial charge in [-0.25, -0.2) is 8.42 Å². The van der Waals surface area contributed by atoms with Crippen LogP contribution in [-0.4, -0.2) is 51.8 Å². The Morgan fingerprint density at radius 2 is 2.04 bits per heavy atom. The fraction of sp³-hybridized carbons (Fsp3) is 0.647. The van der Waals surface area contributed by atoms with Crippen LogP contribution in [0, 0.1) is 0 Å². The second kappa shape index (κ2) is 8.37. The molecule has 0 amide bonds. The Morgan fingerprint density at radius 3 is 2.64 bits per heavy atom. The van der Waals surface area contributed by atoms with E-state index in [2.05, 4.69) is 16.0 Å². The van der Waals surface area contributed by atoms with Crippen LogP contribution < -0.4 is 16.0 Å². The van der Waals surface area contributed by atoms with Gasteiger partial charge in [-0.15, -0.1) is 0 Å². The van der Waals surface area contributed by atoms with Crippen molar-refractivity contribution >= 4 is 21.6 Å². The van der Waals surface area contributed by atoms with Crippen molar-refractivity contribution < 1.29 is 13.2 Å². The molecule has 2 aliphatic heterocycles. The van der Waals surface area contributed by atoms with E-state index in [-0.39, 0.29) is 18.6 Å². The summed E-state index contributed by atoms with van der Waals surface area (Å²) >= 11 is 2.04. The monoisotopic (exact) mass is 385 g/mol. The lowest BCUT2D eigenvalue weighted by Gasteiger charge is -2.37. The van der Waals surface area contributed by atoms with Crippen molar-refractivity contribution in [1.82, 2.24) is 16.0 Å². The summed E-state index contributed by atoms with van der Waals surface area (Å²) in [6.45, 7) is 0.999. The first-order valence-corrected chi connectivity index (χ1v) is 11.6. The van der Waals surface area contributed by atoms with E-state index in [1.165, 1.54) is 24.9 Å². The molecule has 0 saturated carbocycles. The molecule has 1 aromatic rings. The Morgan fingerprint density at radius 1 is 1.28 bits per heavy atom. The number of hydrogen-bond acceptors (Lipinski definition) is 7. The second-order valence-corrected chi connectivity index (χ2v) is 10.1. The summed E-state index contributed by atoms with van der Waals surface area (Å²) in [5, 5.41) is 11.1. The van der Waals surface area contributed by atoms with Crippen molar-refractivity contribution in [2.45, 2.75) is 48.0 Å². The molecule has 4 atom stereocenters. The van der Waals surface area contributed by atoms with E-state index >= 15 is 0 Å². The predicted molar refractivity (Wildman–Crippen MR) is 101 cm³/mol. The predicted octanol–water partition coefficient (Wildman–Crippen LogP) is 1.46. The maximum atomic E-state index is 11.6. The van der Waals surface area contributed by atoms with Gasteiger partial charge in [-0.3, -0.25) is 10.6 Å². The lowest BCUT2D eigenvalue weighted by Crippen LogP contribution is -2.60. The average molecular weight is 386 g/mol. The van der Waals surface area contributed by atoms with Crippen LogP contribution >= 0.6 is 11.8 Å². The van der Waals surface area contributed by atoms with E-state index in [0.29, 0.717) is 10.1 Å². The van der Waals surface area contributed by atoms with Gasteiger partial charge in [0.15, 0.2) is 16.2 Å². The third kappa shape index (κ3) is 5.18. The van der Waals surface area contributed by atoms with Gasteiger partial charge in [-0.2, -0.15) is 11.8 Å². The molecule has 6 nitrogen and oxygen atoms in total. The van der Waals surface area contributed by atoms with E-state index in [1.807, 2.05) is 23.9 Å². The molecule has 3 N–H and O–H groups in total. The molecule has 0 spiro atoms. The summed E-state index contributed by atoms with van der Waals surface area (Å²) in [6, 6.07) is 7.22. The number of ether oxygens (including phenoxy) is 1. The summed E-state index contributed by atoms with van der Waals surface area (Å²) in [5.74, 6) is 1.27. The van der Waals surface area contributed by atoms with Gasteiger partial charge in [0.25, 0.3) is 0 Å². The first-order valence-electron chi connectivity index (χ1n) is 8.65. The molecule has 140 valence electrons. The molecule has 2 heterocycles. The van der Waals surface area contributed by atoms with E-state index in [0.717, 1.165) is 18.5 Å². The van der Waals surface area contributed by atoms with E-state index in [1.54, 1.807) is 19.2 Å². The molecule has 8 heteroatoms. The number of sulfone groups is 1. The van der Waals surface area contributed by atoms with E-state index < -0.39 is 9.84 Å². The second-order valence-electron chi connectivity index (χ2n) is 6.67. The third-order valence-electron chi connectivity index (χ3n) is 4.74. The summed E-state index contributed by atoms with van der Waals surface area (Å²) in [4.78, 5) is 0.349. The zero-order chi connectivity index (χ0) is 17.9. The normalized spacial score (nSPS) is 30.5. The van der Waals surface area contributed by atoms with Crippen molar-refractivity contribution in [2.75, 3.05) is 25.7 Å². The summed E-state index contributed by atoms with van der Waals surface area (Å²) in [5.41, 5.74) is 1.07. The molecule has 0 bridgehead atoms. The molecule has 25 heavy (non-hydrogen) atoms. The molecule has 2 saturated heterocycles. The van der Waals surface area contributed by atoms with Gasteiger partial charge >= 0.3 is 0 Å². The van der Waals surface area contributed by atoms with Crippen LogP contribution in [0.5, 0.6) is 0 Å². The Kier molecular flexibility index (Phi) is 6.40. The third-order valence-corrected chi connectivity index (χ3v) is 7.27. The Balaban J connectivity index is 1.65. The molecule has 3 rings (SSSR count). The van der Waals surface area contributed by atoms with Gasteiger partial charge in [-0.1, -0.05) is 12.1 Å². The minimum absolute atomic E-state index is 0.105. The van der Waals surface area contributed by atoms with Crippen molar-refractivity contribution in [3.8, 4) is 0 Å². The number of benzene rings is 1. The van der Waals surface area contributed by atoms with E-state index in [4.69, 9.17) is 4.74 Å². The standard InChI is InChI=1S/C17H27N3O3S2/c1-23-17-19-15(12-5-7-14(8-6-12)25(2,21)22)10-16(20-17)18-11-13-4-3-9-24-13/h5-8,13,15-20H,3-4,9-11H2,1-2H3. The van der Waals surface area contributed by atoms with Crippen LogP contribution in [0.1, 0.15) is 30.9 Å². The highest BCUT2D eigenvalue weighted by atomic mass is 32.2. The average Bonchev–Trinajstić information content (AvgIpc) is 3.12. The Bertz CT molecular complexity index is 660. The molecule has 2 aliphatic rings. The summed E-state index contributed by atoms with van der Waals surface area (Å²) in [6.07, 6.45) is 4.62. The van der Waals surface area contributed by atoms with Gasteiger partial charge < -0.3 is 10.1 Å². The summed E-state index contributed by atoms with van der Waals surface area (Å²) < 4.78 is 28.7. The first kappa shape index (κ1) is 19.1. The van der Waals surface area contributed by atoms with Crippen LogP contribution in [-0.2, 0) is 14.6 Å². The molecular weight excluding hydrogens is 358 g/mol. The molecular formula is C17H27N3O3S2. The smallest absolute Gasteiger partial charge is 0.175 e. The molecule has 2 fully saturated rings. The quantitative estimate of drug-likeness (QED) is 0.684. The van der Waals surface area contributed by atoms with E-state index in [9.17, 15) is 8.42 Å². The van der Waals surface area contributed by atoms with Crippen LogP contribution in [0.2, 0.25) is 0 Å². The number of methoxy groups -OCH3 is 1. The van der Waals surface area contributed by atoms with Gasteiger partial charge in [-0.05, 0) is 42.7 Å². The van der Waals surface area contributed by atoms with Gasteiger partial charge in [0.1, 0.15) is 0 Å². The van der Waals surface area contributed by atoms with Crippen LogP contribution in [0.3, 0.4) is 0 Å². The topological polar surface area (TPSA) is 79.5 Å². The lowest BCUT2D eigenvalue weighted by atomic mass is 10.0. The minimum Gasteiger partial charge on any atom is -0.353 e. The fourth-order valence-corrected chi connectivity index (χ4v) is 5.17. The zero-order valence-electron chi connectivity index (χ0n) is 14.7. The Labute approximate surface area is 154 Å². The minimum atomic E-state index is -3.17. The first-order chi connectivity index (χ1) is 12.0. The highest BCUT2D eigenvalue weighted by Crippen LogP contribution is 2.27. The van der Waals surface area contributed by atoms with Crippen molar-refractivity contribution in [2.24, 2.45) is 0 Å². The highest BCUT2D eigenvalue weighted by Gasteiger charge is 2.29. The SMILES string of the molecule is COC1NC(NCC2CCCS2)CC(c2ccc(S(C)(=O)=O)cc2)N1. The van der Waals surface area contributed by atoms with Crippen molar-refractivity contribution in [3.05, 3.63) is 29.8 Å². The maximum absolute atomic E-state index is 11.6. The Hall–Kier alpha value is -0.640. The lowest BCUT2D eigenvalue weighted by molar-refractivity contribution is -0.00361. The fourth-order valence-electron chi connectivity index (χ4n) is 3.32. The maximum Gasteiger partial charge on any atom is 0.175 e. The highest BCUT2D eigenvalue weighted by molar-refractivity contribution is 8.00. The number of thioether (sulfide) groups is 1. The van der Waals surface area contributed by atoms with Crippen LogP contribution in [0.15, 0.2) is 29.2 Å². The number of nitrogens with one attached hydrogen (secondary N) is 3. The molecule has 1 aromatic carbocycles. The molecule has 0 aliphatic carbocycles. The van der Waals surface area contributed by atoms with Gasteiger partial charge in [0.05, 0.1) is 11.1 Å². The molecule has 0 aromatic heterocycles. The zero-order valence-corrected chi connectivity index (χ0v) is 16.3. The van der Waals surface area contributed by atoms with Crippen molar-refractivity contribution in [3.63, 3.8) is 0 Å². The van der Waals surface area contributed by atoms with Crippen molar-refractivity contribution in [1.29, 1.82) is 0 Å². The number of hydrogen-bond donors (Lipinski definition) is 3. The molecule has 0 radical (unpaired) electrons. The van der Waals surface area contributed by atoms with Gasteiger partial charge in [0.2, 0.25) is 0 Å². The number of rotatable bonds is 6.